The Morgan fingerprint density at radius 1 is 1.22 bits per heavy atom. The summed E-state index contributed by atoms with van der Waals surface area (Å²) >= 11 is 0. The number of sulfone groups is 2. The van der Waals surface area contributed by atoms with Crippen LogP contribution >= 0.6 is 0 Å². The molecule has 5 nitrogen and oxygen atoms in total. The summed E-state index contributed by atoms with van der Waals surface area (Å²) in [6.45, 7) is 0.431. The molecule has 1 aliphatic rings. The minimum Gasteiger partial charge on any atom is -0.308 e. The molecule has 0 saturated carbocycles. The third-order valence-corrected chi connectivity index (χ3v) is 5.73. The van der Waals surface area contributed by atoms with Crippen LogP contribution in [-0.2, 0) is 19.7 Å². The fourth-order valence-electron chi connectivity index (χ4n) is 1.95. The fourth-order valence-corrected chi connectivity index (χ4v) is 3.99. The molecule has 1 heterocycles. The van der Waals surface area contributed by atoms with Gasteiger partial charge >= 0.3 is 0 Å². The Morgan fingerprint density at radius 2 is 1.83 bits per heavy atom. The monoisotopic (exact) mass is 289 g/mol. The maximum atomic E-state index is 11.5. The van der Waals surface area contributed by atoms with Gasteiger partial charge in [0, 0.05) is 18.8 Å². The highest BCUT2D eigenvalue weighted by Crippen LogP contribution is 2.20. The Bertz CT molecular complexity index is 632. The first-order valence-electron chi connectivity index (χ1n) is 5.52. The van der Waals surface area contributed by atoms with Crippen LogP contribution in [0.2, 0.25) is 0 Å². The molecule has 1 aromatic rings. The van der Waals surface area contributed by atoms with E-state index in [0.717, 1.165) is 11.8 Å². The van der Waals surface area contributed by atoms with Crippen molar-refractivity contribution < 1.29 is 16.8 Å². The summed E-state index contributed by atoms with van der Waals surface area (Å²) in [5.41, 5.74) is 0.797. The second-order valence-corrected chi connectivity index (χ2v) is 8.71. The molecule has 1 unspecified atom stereocenters. The fraction of sp³-hybridized carbons (Fsp3) is 0.455. The molecule has 100 valence electrons. The molecule has 1 N–H and O–H groups in total. The van der Waals surface area contributed by atoms with Crippen molar-refractivity contribution in [3.05, 3.63) is 29.8 Å². The lowest BCUT2D eigenvalue weighted by Gasteiger charge is -2.24. The predicted octanol–water partition coefficient (Wildman–Crippen LogP) is 0.149. The number of hydrogen-bond acceptors (Lipinski definition) is 5. The van der Waals surface area contributed by atoms with Gasteiger partial charge in [-0.15, -0.1) is 0 Å². The van der Waals surface area contributed by atoms with Crippen molar-refractivity contribution >= 4 is 19.7 Å². The molecule has 0 bridgehead atoms. The summed E-state index contributed by atoms with van der Waals surface area (Å²) in [4.78, 5) is 0.241. The van der Waals surface area contributed by atoms with Gasteiger partial charge in [0.15, 0.2) is 19.7 Å². The van der Waals surface area contributed by atoms with E-state index in [2.05, 4.69) is 5.32 Å². The number of rotatable bonds is 2. The van der Waals surface area contributed by atoms with Gasteiger partial charge in [-0.25, -0.2) is 16.8 Å². The molecule has 1 aliphatic heterocycles. The lowest BCUT2D eigenvalue weighted by molar-refractivity contribution is 0.530. The van der Waals surface area contributed by atoms with Crippen LogP contribution in [0.25, 0.3) is 0 Å². The highest BCUT2D eigenvalue weighted by molar-refractivity contribution is 7.91. The maximum absolute atomic E-state index is 11.5. The van der Waals surface area contributed by atoms with E-state index in [-0.39, 0.29) is 22.4 Å². The van der Waals surface area contributed by atoms with Gasteiger partial charge in [-0.05, 0) is 17.7 Å². The zero-order valence-corrected chi connectivity index (χ0v) is 11.6. The van der Waals surface area contributed by atoms with Crippen molar-refractivity contribution in [3.8, 4) is 0 Å². The van der Waals surface area contributed by atoms with E-state index in [0.29, 0.717) is 6.54 Å². The zero-order chi connectivity index (χ0) is 13.4. The summed E-state index contributed by atoms with van der Waals surface area (Å²) in [7, 11) is -6.21. The molecule has 0 radical (unpaired) electrons. The Hall–Kier alpha value is -0.920. The van der Waals surface area contributed by atoms with Crippen LogP contribution in [0.1, 0.15) is 11.6 Å². The summed E-state index contributed by atoms with van der Waals surface area (Å²) < 4.78 is 45.7. The number of hydrogen-bond donors (Lipinski definition) is 1. The van der Waals surface area contributed by atoms with Gasteiger partial charge < -0.3 is 5.32 Å². The predicted molar refractivity (Wildman–Crippen MR) is 68.9 cm³/mol. The molecule has 1 aromatic carbocycles. The van der Waals surface area contributed by atoms with Crippen LogP contribution in [0.3, 0.4) is 0 Å². The summed E-state index contributed by atoms with van der Waals surface area (Å²) in [5, 5.41) is 3.12. The third-order valence-electron chi connectivity index (χ3n) is 2.94. The standard InChI is InChI=1S/C11H15NO4S2/c1-17(13,14)10-4-2-9(3-5-10)11-8-18(15,16)7-6-12-11/h2-5,11-12H,6-8H2,1H3. The smallest absolute Gasteiger partial charge is 0.175 e. The largest absolute Gasteiger partial charge is 0.308 e. The lowest BCUT2D eigenvalue weighted by atomic mass is 10.1. The molecule has 1 fully saturated rings. The van der Waals surface area contributed by atoms with Crippen LogP contribution in [-0.4, -0.2) is 41.1 Å². The minimum atomic E-state index is -3.21. The average molecular weight is 289 g/mol. The van der Waals surface area contributed by atoms with E-state index in [4.69, 9.17) is 0 Å². The zero-order valence-electron chi connectivity index (χ0n) is 9.96. The maximum Gasteiger partial charge on any atom is 0.175 e. The van der Waals surface area contributed by atoms with E-state index in [1.54, 1.807) is 12.1 Å². The first kappa shape index (κ1) is 13.5. The third kappa shape index (κ3) is 3.09. The van der Waals surface area contributed by atoms with Crippen molar-refractivity contribution in [1.82, 2.24) is 5.32 Å². The first-order chi connectivity index (χ1) is 8.28. The molecule has 2 rings (SSSR count). The van der Waals surface area contributed by atoms with Gasteiger partial charge in [0.25, 0.3) is 0 Å². The van der Waals surface area contributed by atoms with E-state index < -0.39 is 19.7 Å². The molecule has 0 aliphatic carbocycles. The molecular formula is C11H15NO4S2. The highest BCUT2D eigenvalue weighted by atomic mass is 32.2. The molecule has 0 amide bonds. The summed E-state index contributed by atoms with van der Waals surface area (Å²) in [6, 6.07) is 6.09. The highest BCUT2D eigenvalue weighted by Gasteiger charge is 2.25. The van der Waals surface area contributed by atoms with Crippen LogP contribution in [0.4, 0.5) is 0 Å². The topological polar surface area (TPSA) is 80.3 Å². The molecular weight excluding hydrogens is 274 g/mol. The average Bonchev–Trinajstić information content (AvgIpc) is 2.27. The molecule has 1 saturated heterocycles. The van der Waals surface area contributed by atoms with Crippen molar-refractivity contribution in [2.45, 2.75) is 10.9 Å². The molecule has 7 heteroatoms. The SMILES string of the molecule is CS(=O)(=O)c1ccc(C2CS(=O)(=O)CCN2)cc1. The normalized spacial score (nSPS) is 23.7. The first-order valence-corrected chi connectivity index (χ1v) is 9.23. The summed E-state index contributed by atoms with van der Waals surface area (Å²) in [5.74, 6) is 0.218. The van der Waals surface area contributed by atoms with Crippen molar-refractivity contribution in [2.24, 2.45) is 0 Å². The number of benzene rings is 1. The lowest BCUT2D eigenvalue weighted by Crippen LogP contribution is -2.39. The Morgan fingerprint density at radius 3 is 2.33 bits per heavy atom. The summed E-state index contributed by atoms with van der Waals surface area (Å²) in [6.07, 6.45) is 1.14. The van der Waals surface area contributed by atoms with Crippen molar-refractivity contribution in [1.29, 1.82) is 0 Å². The Balaban J connectivity index is 2.25. The number of nitrogens with one attached hydrogen (secondary N) is 1. The second kappa shape index (κ2) is 4.64. The quantitative estimate of drug-likeness (QED) is 0.838. The van der Waals surface area contributed by atoms with Gasteiger partial charge in [0.1, 0.15) is 0 Å². The Labute approximate surface area is 107 Å². The minimum absolute atomic E-state index is 0.0607. The van der Waals surface area contributed by atoms with Gasteiger partial charge in [-0.1, -0.05) is 12.1 Å². The van der Waals surface area contributed by atoms with Crippen LogP contribution in [0.15, 0.2) is 29.2 Å². The van der Waals surface area contributed by atoms with E-state index in [9.17, 15) is 16.8 Å². The Kier molecular flexibility index (Phi) is 3.48. The van der Waals surface area contributed by atoms with E-state index >= 15 is 0 Å². The van der Waals surface area contributed by atoms with Gasteiger partial charge in [-0.3, -0.25) is 0 Å². The van der Waals surface area contributed by atoms with Gasteiger partial charge in [0.2, 0.25) is 0 Å². The van der Waals surface area contributed by atoms with E-state index in [1.165, 1.54) is 12.1 Å². The van der Waals surface area contributed by atoms with Crippen molar-refractivity contribution in [2.75, 3.05) is 24.3 Å². The van der Waals surface area contributed by atoms with Gasteiger partial charge in [0.05, 0.1) is 16.4 Å². The molecule has 18 heavy (non-hydrogen) atoms. The van der Waals surface area contributed by atoms with Crippen LogP contribution in [0, 0.1) is 0 Å². The van der Waals surface area contributed by atoms with Crippen LogP contribution in [0.5, 0.6) is 0 Å². The van der Waals surface area contributed by atoms with Gasteiger partial charge in [-0.2, -0.15) is 0 Å². The molecule has 1 atom stereocenters. The van der Waals surface area contributed by atoms with Crippen LogP contribution < -0.4 is 5.32 Å². The van der Waals surface area contributed by atoms with Crippen molar-refractivity contribution in [3.63, 3.8) is 0 Å². The molecule has 0 aromatic heterocycles. The molecule has 0 spiro atoms. The van der Waals surface area contributed by atoms with E-state index in [1.807, 2.05) is 0 Å². The second-order valence-electron chi connectivity index (χ2n) is 4.46.